The minimum atomic E-state index is -4.19. The zero-order chi connectivity index (χ0) is 11.6. The van der Waals surface area contributed by atoms with Crippen molar-refractivity contribution in [3.63, 3.8) is 0 Å². The summed E-state index contributed by atoms with van der Waals surface area (Å²) in [6.07, 6.45) is -4.19. The lowest BCUT2D eigenvalue weighted by Gasteiger charge is -2.14. The third kappa shape index (κ3) is 3.74. The number of hydrogen-bond donors (Lipinski definition) is 1. The van der Waals surface area contributed by atoms with Crippen molar-refractivity contribution in [1.29, 1.82) is 0 Å². The van der Waals surface area contributed by atoms with Gasteiger partial charge in [0.25, 0.3) is 0 Å². The molecule has 84 valence electrons. The molecule has 0 spiro atoms. The van der Waals surface area contributed by atoms with E-state index in [1.54, 1.807) is 26.0 Å². The average Bonchev–Trinajstić information content (AvgIpc) is 1.99. The van der Waals surface area contributed by atoms with E-state index in [0.717, 1.165) is 15.6 Å². The standard InChI is InChI=1S/C10H11BrF3N/c1-6-3-8(11)4-7(2)9(6)15-5-10(12,13)14/h3-4,15H,5H2,1-2H3. The Kier molecular flexibility index (Phi) is 3.65. The van der Waals surface area contributed by atoms with Crippen LogP contribution >= 0.6 is 15.9 Å². The lowest BCUT2D eigenvalue weighted by molar-refractivity contribution is -0.115. The van der Waals surface area contributed by atoms with Crippen molar-refractivity contribution >= 4 is 21.6 Å². The summed E-state index contributed by atoms with van der Waals surface area (Å²) in [5, 5.41) is 2.40. The topological polar surface area (TPSA) is 12.0 Å². The summed E-state index contributed by atoms with van der Waals surface area (Å²) in [5.74, 6) is 0. The van der Waals surface area contributed by atoms with Crippen LogP contribution < -0.4 is 5.32 Å². The summed E-state index contributed by atoms with van der Waals surface area (Å²) in [4.78, 5) is 0. The molecule has 0 amide bonds. The van der Waals surface area contributed by atoms with Crippen molar-refractivity contribution in [1.82, 2.24) is 0 Å². The number of nitrogens with one attached hydrogen (secondary N) is 1. The van der Waals surface area contributed by atoms with Crippen molar-refractivity contribution in [3.05, 3.63) is 27.7 Å². The molecule has 15 heavy (non-hydrogen) atoms. The Bertz CT molecular complexity index is 337. The molecule has 0 heterocycles. The molecular weight excluding hydrogens is 271 g/mol. The summed E-state index contributed by atoms with van der Waals surface area (Å²) in [6.45, 7) is 2.54. The highest BCUT2D eigenvalue weighted by Gasteiger charge is 2.27. The summed E-state index contributed by atoms with van der Waals surface area (Å²) >= 11 is 3.29. The fourth-order valence-corrected chi connectivity index (χ4v) is 2.06. The van der Waals surface area contributed by atoms with Gasteiger partial charge in [-0.15, -0.1) is 0 Å². The van der Waals surface area contributed by atoms with Crippen LogP contribution in [0.2, 0.25) is 0 Å². The second kappa shape index (κ2) is 4.43. The quantitative estimate of drug-likeness (QED) is 0.863. The van der Waals surface area contributed by atoms with Crippen molar-refractivity contribution in [3.8, 4) is 0 Å². The second-order valence-electron chi connectivity index (χ2n) is 3.38. The molecule has 1 aromatic rings. The Hall–Kier alpha value is -0.710. The number of alkyl halides is 3. The molecule has 0 radical (unpaired) electrons. The highest BCUT2D eigenvalue weighted by atomic mass is 79.9. The molecule has 1 nitrogen and oxygen atoms in total. The first-order valence-electron chi connectivity index (χ1n) is 4.37. The van der Waals surface area contributed by atoms with Crippen LogP contribution in [0, 0.1) is 13.8 Å². The first-order valence-corrected chi connectivity index (χ1v) is 5.16. The van der Waals surface area contributed by atoms with Gasteiger partial charge < -0.3 is 5.32 Å². The highest BCUT2D eigenvalue weighted by molar-refractivity contribution is 9.10. The minimum absolute atomic E-state index is 0.551. The normalized spacial score (nSPS) is 11.6. The Morgan fingerprint density at radius 3 is 2.07 bits per heavy atom. The lowest BCUT2D eigenvalue weighted by Crippen LogP contribution is -2.22. The van der Waals surface area contributed by atoms with Gasteiger partial charge in [0, 0.05) is 10.2 Å². The lowest BCUT2D eigenvalue weighted by atomic mass is 10.1. The largest absolute Gasteiger partial charge is 0.405 e. The molecule has 0 aliphatic rings. The maximum atomic E-state index is 12.0. The van der Waals surface area contributed by atoms with E-state index in [0.29, 0.717) is 5.69 Å². The van der Waals surface area contributed by atoms with Crippen LogP contribution in [0.1, 0.15) is 11.1 Å². The van der Waals surface area contributed by atoms with Crippen molar-refractivity contribution in [2.24, 2.45) is 0 Å². The van der Waals surface area contributed by atoms with Gasteiger partial charge in [0.1, 0.15) is 6.54 Å². The molecule has 5 heteroatoms. The first kappa shape index (κ1) is 12.4. The fourth-order valence-electron chi connectivity index (χ4n) is 1.38. The summed E-state index contributed by atoms with van der Waals surface area (Å²) < 4.78 is 36.9. The van der Waals surface area contributed by atoms with Crippen molar-refractivity contribution in [2.45, 2.75) is 20.0 Å². The molecule has 0 bridgehead atoms. The van der Waals surface area contributed by atoms with Crippen LogP contribution in [0.3, 0.4) is 0 Å². The van der Waals surface area contributed by atoms with E-state index in [2.05, 4.69) is 21.2 Å². The van der Waals surface area contributed by atoms with Crippen LogP contribution in [0.4, 0.5) is 18.9 Å². The molecule has 0 unspecified atom stereocenters. The average molecular weight is 282 g/mol. The molecule has 0 fully saturated rings. The second-order valence-corrected chi connectivity index (χ2v) is 4.30. The van der Waals surface area contributed by atoms with E-state index < -0.39 is 12.7 Å². The smallest absolute Gasteiger partial charge is 0.376 e. The molecule has 1 aromatic carbocycles. The highest BCUT2D eigenvalue weighted by Crippen LogP contribution is 2.26. The number of halogens is 4. The van der Waals surface area contributed by atoms with E-state index >= 15 is 0 Å². The zero-order valence-electron chi connectivity index (χ0n) is 8.37. The van der Waals surface area contributed by atoms with Gasteiger partial charge in [0.15, 0.2) is 0 Å². The van der Waals surface area contributed by atoms with Crippen LogP contribution in [-0.4, -0.2) is 12.7 Å². The number of rotatable bonds is 2. The van der Waals surface area contributed by atoms with Gasteiger partial charge in [-0.25, -0.2) is 0 Å². The zero-order valence-corrected chi connectivity index (χ0v) is 9.96. The SMILES string of the molecule is Cc1cc(Br)cc(C)c1NCC(F)(F)F. The molecule has 0 aromatic heterocycles. The van der Waals surface area contributed by atoms with Gasteiger partial charge in [-0.2, -0.15) is 13.2 Å². The monoisotopic (exact) mass is 281 g/mol. The summed E-state index contributed by atoms with van der Waals surface area (Å²) in [5.41, 5.74) is 2.15. The minimum Gasteiger partial charge on any atom is -0.376 e. The third-order valence-corrected chi connectivity index (χ3v) is 2.42. The number of benzene rings is 1. The van der Waals surface area contributed by atoms with Gasteiger partial charge in [-0.05, 0) is 37.1 Å². The van der Waals surface area contributed by atoms with Crippen molar-refractivity contribution in [2.75, 3.05) is 11.9 Å². The molecule has 0 aliphatic carbocycles. The van der Waals surface area contributed by atoms with E-state index in [1.807, 2.05) is 0 Å². The molecule has 0 saturated carbocycles. The van der Waals surface area contributed by atoms with Gasteiger partial charge in [0.2, 0.25) is 0 Å². The Morgan fingerprint density at radius 2 is 1.67 bits per heavy atom. The summed E-state index contributed by atoms with van der Waals surface area (Å²) in [7, 11) is 0. The fraction of sp³-hybridized carbons (Fsp3) is 0.400. The molecule has 1 N–H and O–H groups in total. The van der Waals surface area contributed by atoms with E-state index in [1.165, 1.54) is 0 Å². The van der Waals surface area contributed by atoms with E-state index in [-0.39, 0.29) is 0 Å². The molecule has 1 rings (SSSR count). The van der Waals surface area contributed by atoms with Gasteiger partial charge in [-0.3, -0.25) is 0 Å². The number of hydrogen-bond acceptors (Lipinski definition) is 1. The van der Waals surface area contributed by atoms with E-state index in [4.69, 9.17) is 0 Å². The molecule has 0 saturated heterocycles. The predicted molar refractivity (Wildman–Crippen MR) is 58.2 cm³/mol. The number of anilines is 1. The van der Waals surface area contributed by atoms with Gasteiger partial charge in [-0.1, -0.05) is 15.9 Å². The molecular formula is C10H11BrF3N. The Labute approximate surface area is 94.8 Å². The molecule has 0 aliphatic heterocycles. The van der Waals surface area contributed by atoms with Crippen molar-refractivity contribution < 1.29 is 13.2 Å². The van der Waals surface area contributed by atoms with E-state index in [9.17, 15) is 13.2 Å². The predicted octanol–water partition coefficient (Wildman–Crippen LogP) is 4.04. The molecule has 0 atom stereocenters. The van der Waals surface area contributed by atoms with Crippen LogP contribution in [-0.2, 0) is 0 Å². The van der Waals surface area contributed by atoms with Crippen LogP contribution in [0.15, 0.2) is 16.6 Å². The Balaban J connectivity index is 2.86. The maximum Gasteiger partial charge on any atom is 0.405 e. The number of aryl methyl sites for hydroxylation is 2. The van der Waals surface area contributed by atoms with Crippen LogP contribution in [0.5, 0.6) is 0 Å². The first-order chi connectivity index (χ1) is 6.79. The van der Waals surface area contributed by atoms with Gasteiger partial charge in [0.05, 0.1) is 0 Å². The third-order valence-electron chi connectivity index (χ3n) is 1.96. The summed E-state index contributed by atoms with van der Waals surface area (Å²) in [6, 6.07) is 3.57. The maximum absolute atomic E-state index is 12.0. The van der Waals surface area contributed by atoms with Gasteiger partial charge >= 0.3 is 6.18 Å². The van der Waals surface area contributed by atoms with Crippen LogP contribution in [0.25, 0.3) is 0 Å². The Morgan fingerprint density at radius 1 is 1.20 bits per heavy atom.